The molecule has 0 aromatic rings. The molecule has 0 aliphatic heterocycles. The molecule has 0 rings (SSSR count). The molecule has 0 bridgehead atoms. The van der Waals surface area contributed by atoms with Gasteiger partial charge in [-0.2, -0.15) is 0 Å². The molecule has 0 spiro atoms. The molecule has 23 heavy (non-hydrogen) atoms. The van der Waals surface area contributed by atoms with Crippen molar-refractivity contribution in [3.8, 4) is 0 Å². The Bertz CT molecular complexity index is 263. The second-order valence-corrected chi connectivity index (χ2v) is 8.87. The van der Waals surface area contributed by atoms with Crippen molar-refractivity contribution in [3.05, 3.63) is 0 Å². The SMILES string of the molecule is CCCCCCC(C)[P+](=O)[O-].CCCCCCC(C)[P+](=O)[O-].[Co+2]. The van der Waals surface area contributed by atoms with E-state index in [1.807, 2.05) is 0 Å². The Kier molecular flexibility index (Phi) is 25.6. The van der Waals surface area contributed by atoms with E-state index in [0.29, 0.717) is 0 Å². The Balaban J connectivity index is -0.000000333. The van der Waals surface area contributed by atoms with Crippen LogP contribution < -0.4 is 9.79 Å². The molecule has 4 atom stereocenters. The fourth-order valence-corrected chi connectivity index (χ4v) is 2.73. The standard InChI is InChI=1S/2C8H17O2P.Co/c2*1-3-4-5-6-7-8(2)11(9)10;/h2*8H,3-7H2,1-2H3;/q;;+2. The third kappa shape index (κ3) is 22.6. The van der Waals surface area contributed by atoms with Gasteiger partial charge < -0.3 is 9.79 Å². The summed E-state index contributed by atoms with van der Waals surface area (Å²) in [5.41, 5.74) is -0.247. The Morgan fingerprint density at radius 3 is 1.22 bits per heavy atom. The Morgan fingerprint density at radius 1 is 0.696 bits per heavy atom. The van der Waals surface area contributed by atoms with Gasteiger partial charge in [0.25, 0.3) is 0 Å². The van der Waals surface area contributed by atoms with Gasteiger partial charge >= 0.3 is 32.8 Å². The van der Waals surface area contributed by atoms with Gasteiger partial charge in [-0.25, -0.2) is 0 Å². The van der Waals surface area contributed by atoms with Gasteiger partial charge in [0.2, 0.25) is 0 Å². The summed E-state index contributed by atoms with van der Waals surface area (Å²) in [5.74, 6) is 0. The summed E-state index contributed by atoms with van der Waals surface area (Å²) < 4.78 is 20.8. The van der Waals surface area contributed by atoms with Gasteiger partial charge in [0.15, 0.2) is 0 Å². The molecule has 0 amide bonds. The molecule has 1 radical (unpaired) electrons. The number of rotatable bonds is 12. The van der Waals surface area contributed by atoms with Gasteiger partial charge in [-0.15, -0.1) is 0 Å². The molecule has 0 aromatic carbocycles. The summed E-state index contributed by atoms with van der Waals surface area (Å²) in [4.78, 5) is 20.8. The van der Waals surface area contributed by atoms with Crippen molar-refractivity contribution in [2.45, 2.75) is 103 Å². The first-order valence-corrected chi connectivity index (χ1v) is 11.1. The van der Waals surface area contributed by atoms with E-state index in [1.165, 1.54) is 38.5 Å². The van der Waals surface area contributed by atoms with Crippen molar-refractivity contribution in [1.29, 1.82) is 0 Å². The number of unbranched alkanes of at least 4 members (excludes halogenated alkanes) is 6. The molecule has 7 heteroatoms. The van der Waals surface area contributed by atoms with E-state index in [0.717, 1.165) is 25.7 Å². The van der Waals surface area contributed by atoms with Gasteiger partial charge in [-0.3, -0.25) is 0 Å². The van der Waals surface area contributed by atoms with Crippen molar-refractivity contribution in [2.75, 3.05) is 0 Å². The predicted molar refractivity (Wildman–Crippen MR) is 91.7 cm³/mol. The van der Waals surface area contributed by atoms with Crippen molar-refractivity contribution >= 4 is 16.1 Å². The van der Waals surface area contributed by atoms with Gasteiger partial charge in [0, 0.05) is 0 Å². The minimum absolute atomic E-state index is 0. The normalized spacial score (nSPS) is 14.0. The molecule has 0 saturated heterocycles. The zero-order valence-electron chi connectivity index (χ0n) is 15.1. The topological polar surface area (TPSA) is 80.3 Å². The summed E-state index contributed by atoms with van der Waals surface area (Å²) in [5, 5.41) is 0. The van der Waals surface area contributed by atoms with E-state index < -0.39 is 16.1 Å². The molecule has 0 aliphatic rings. The zero-order valence-corrected chi connectivity index (χ0v) is 17.9. The first kappa shape index (κ1) is 28.4. The molecular formula is C16H34CoO4P2+2. The van der Waals surface area contributed by atoms with E-state index in [-0.39, 0.29) is 28.1 Å². The van der Waals surface area contributed by atoms with Crippen molar-refractivity contribution < 1.29 is 35.7 Å². The van der Waals surface area contributed by atoms with Crippen molar-refractivity contribution in [2.24, 2.45) is 0 Å². The van der Waals surface area contributed by atoms with Gasteiger partial charge in [0.1, 0.15) is 11.3 Å². The molecule has 0 N–H and O–H groups in total. The molecule has 0 aromatic heterocycles. The number of hydrogen-bond acceptors (Lipinski definition) is 4. The molecule has 0 saturated carbocycles. The van der Waals surface area contributed by atoms with E-state index >= 15 is 0 Å². The zero-order chi connectivity index (χ0) is 17.4. The summed E-state index contributed by atoms with van der Waals surface area (Å²) >= 11 is 0. The number of hydrogen-bond donors (Lipinski definition) is 0. The van der Waals surface area contributed by atoms with Crippen LogP contribution in [0, 0.1) is 0 Å². The summed E-state index contributed by atoms with van der Waals surface area (Å²) in [6, 6.07) is 0. The molecule has 4 unspecified atom stereocenters. The fourth-order valence-electron chi connectivity index (χ4n) is 1.94. The van der Waals surface area contributed by atoms with Crippen LogP contribution >= 0.6 is 16.1 Å². The summed E-state index contributed by atoms with van der Waals surface area (Å²) in [6.45, 7) is 7.85. The van der Waals surface area contributed by atoms with Crippen LogP contribution in [0.5, 0.6) is 0 Å². The fraction of sp³-hybridized carbons (Fsp3) is 1.00. The Labute approximate surface area is 155 Å². The van der Waals surface area contributed by atoms with E-state index in [1.54, 1.807) is 13.8 Å². The average Bonchev–Trinajstić information content (AvgIpc) is 2.48. The minimum Gasteiger partial charge on any atom is -0.595 e. The van der Waals surface area contributed by atoms with E-state index in [2.05, 4.69) is 13.8 Å². The minimum atomic E-state index is -2.18. The third-order valence-electron chi connectivity index (χ3n) is 3.67. The Morgan fingerprint density at radius 2 is 1.00 bits per heavy atom. The summed E-state index contributed by atoms with van der Waals surface area (Å²) in [6.07, 6.45) is 11.0. The third-order valence-corrected chi connectivity index (χ3v) is 5.63. The van der Waals surface area contributed by atoms with Gasteiger partial charge in [0.05, 0.1) is 0 Å². The molecule has 0 aliphatic carbocycles. The second kappa shape index (κ2) is 20.7. The smallest absolute Gasteiger partial charge is 0.595 e. The Hall–Kier alpha value is 0.626. The molecule has 0 heterocycles. The van der Waals surface area contributed by atoms with Crippen LogP contribution in [0.1, 0.15) is 91.9 Å². The first-order chi connectivity index (χ1) is 10.4. The van der Waals surface area contributed by atoms with E-state index in [9.17, 15) is 18.9 Å². The van der Waals surface area contributed by atoms with Crippen LogP contribution in [0.4, 0.5) is 0 Å². The van der Waals surface area contributed by atoms with E-state index in [4.69, 9.17) is 0 Å². The quantitative estimate of drug-likeness (QED) is 0.338. The second-order valence-electron chi connectivity index (χ2n) is 5.97. The van der Waals surface area contributed by atoms with Crippen LogP contribution in [0.2, 0.25) is 0 Å². The molecule has 4 nitrogen and oxygen atoms in total. The van der Waals surface area contributed by atoms with Crippen LogP contribution in [0.3, 0.4) is 0 Å². The van der Waals surface area contributed by atoms with Gasteiger partial charge in [-0.05, 0) is 39.5 Å². The molecule has 0 fully saturated rings. The maximum atomic E-state index is 10.4. The van der Waals surface area contributed by atoms with Crippen molar-refractivity contribution in [1.82, 2.24) is 0 Å². The maximum Gasteiger partial charge on any atom is 2.00 e. The maximum absolute atomic E-state index is 10.4. The van der Waals surface area contributed by atoms with Crippen molar-refractivity contribution in [3.63, 3.8) is 0 Å². The molecule has 139 valence electrons. The predicted octanol–water partition coefficient (Wildman–Crippen LogP) is 4.89. The largest absolute Gasteiger partial charge is 2.00 e. The molecular weight excluding hydrogens is 377 g/mol. The monoisotopic (exact) mass is 411 g/mol. The van der Waals surface area contributed by atoms with Crippen LogP contribution in [-0.2, 0) is 25.9 Å². The average molecular weight is 411 g/mol. The van der Waals surface area contributed by atoms with Crippen LogP contribution in [-0.4, -0.2) is 11.3 Å². The van der Waals surface area contributed by atoms with Gasteiger partial charge in [-0.1, -0.05) is 61.5 Å². The summed E-state index contributed by atoms with van der Waals surface area (Å²) in [7, 11) is -4.37. The van der Waals surface area contributed by atoms with Crippen LogP contribution in [0.15, 0.2) is 0 Å². The first-order valence-electron chi connectivity index (χ1n) is 8.63. The van der Waals surface area contributed by atoms with Crippen LogP contribution in [0.25, 0.3) is 0 Å².